The molecule has 0 aromatic heterocycles. The first-order valence-electron chi connectivity index (χ1n) is 10.3. The fourth-order valence-corrected chi connectivity index (χ4v) is 4.65. The molecule has 0 unspecified atom stereocenters. The highest BCUT2D eigenvalue weighted by Gasteiger charge is 2.28. The highest BCUT2D eigenvalue weighted by Crippen LogP contribution is 2.44. The van der Waals surface area contributed by atoms with Crippen LogP contribution in [0.2, 0.25) is 0 Å². The third-order valence-corrected chi connectivity index (χ3v) is 6.35. The minimum atomic E-state index is -4.29. The quantitative estimate of drug-likeness (QED) is 0.396. The summed E-state index contributed by atoms with van der Waals surface area (Å²) in [7, 11) is -4.29. The predicted octanol–water partition coefficient (Wildman–Crippen LogP) is 4.88. The summed E-state index contributed by atoms with van der Waals surface area (Å²) in [5.74, 6) is 0.00461. The molecular weight excluding hydrogens is 426 g/mol. The van der Waals surface area contributed by atoms with Gasteiger partial charge in [-0.05, 0) is 40.3 Å². The van der Waals surface area contributed by atoms with Gasteiger partial charge in [0.15, 0.2) is 0 Å². The summed E-state index contributed by atoms with van der Waals surface area (Å²) in [6.07, 6.45) is 3.30. The highest BCUT2D eigenvalue weighted by atomic mass is 32.2. The van der Waals surface area contributed by atoms with Crippen molar-refractivity contribution < 1.29 is 22.5 Å². The van der Waals surface area contributed by atoms with Gasteiger partial charge in [-0.15, -0.1) is 0 Å². The van der Waals surface area contributed by atoms with Crippen molar-refractivity contribution >= 4 is 22.3 Å². The fourth-order valence-electron chi connectivity index (χ4n) is 3.97. The fraction of sp³-hybridized carbons (Fsp3) is 0.160. The second kappa shape index (κ2) is 9.38. The molecule has 2 N–H and O–H groups in total. The molecule has 7 heteroatoms. The molecule has 0 radical (unpaired) electrons. The second-order valence-corrected chi connectivity index (χ2v) is 8.85. The van der Waals surface area contributed by atoms with Crippen LogP contribution in [0, 0.1) is 0 Å². The Balaban J connectivity index is 1.30. The molecule has 0 bridgehead atoms. The van der Waals surface area contributed by atoms with E-state index < -0.39 is 16.2 Å². The summed E-state index contributed by atoms with van der Waals surface area (Å²) < 4.78 is 37.6. The van der Waals surface area contributed by atoms with Crippen LogP contribution in [0.4, 0.5) is 4.79 Å². The first-order chi connectivity index (χ1) is 15.4. The van der Waals surface area contributed by atoms with Gasteiger partial charge in [-0.25, -0.2) is 4.79 Å². The molecule has 0 heterocycles. The molecule has 3 aromatic rings. The van der Waals surface area contributed by atoms with Gasteiger partial charge in [0.05, 0.1) is 0 Å². The Morgan fingerprint density at radius 1 is 0.938 bits per heavy atom. The summed E-state index contributed by atoms with van der Waals surface area (Å²) in [6.45, 7) is 0.582. The molecule has 0 saturated carbocycles. The standard InChI is InChI=1S/C25H23NO5S/c27-25(26-16-8-7-10-18-9-1-6-15-24(18)32(28,29)30)31-17-23-21-13-4-2-11-19(21)20-12-3-5-14-22(20)23/h1-7,9-15,23H,8,16-17H2,(H,26,27)(H,28,29,30). The second-order valence-electron chi connectivity index (χ2n) is 7.46. The van der Waals surface area contributed by atoms with Crippen molar-refractivity contribution in [2.45, 2.75) is 17.2 Å². The lowest BCUT2D eigenvalue weighted by Crippen LogP contribution is -2.26. The van der Waals surface area contributed by atoms with Crippen LogP contribution in [0.5, 0.6) is 0 Å². The molecule has 32 heavy (non-hydrogen) atoms. The van der Waals surface area contributed by atoms with Crippen LogP contribution in [-0.2, 0) is 14.9 Å². The molecular formula is C25H23NO5S. The lowest BCUT2D eigenvalue weighted by molar-refractivity contribution is 0.143. The summed E-state index contributed by atoms with van der Waals surface area (Å²) in [5.41, 5.74) is 5.04. The van der Waals surface area contributed by atoms with E-state index in [9.17, 15) is 17.8 Å². The number of fused-ring (bicyclic) bond motifs is 3. The number of benzene rings is 3. The zero-order valence-electron chi connectivity index (χ0n) is 17.3. The van der Waals surface area contributed by atoms with Gasteiger partial charge >= 0.3 is 6.09 Å². The number of rotatable bonds is 7. The van der Waals surface area contributed by atoms with Gasteiger partial charge in [-0.3, -0.25) is 4.55 Å². The molecule has 1 aliphatic carbocycles. The van der Waals surface area contributed by atoms with Crippen molar-refractivity contribution in [1.29, 1.82) is 0 Å². The van der Waals surface area contributed by atoms with Crippen LogP contribution in [0.15, 0.2) is 83.8 Å². The number of carbonyl (C=O) groups excluding carboxylic acids is 1. The average molecular weight is 450 g/mol. The number of amides is 1. The van der Waals surface area contributed by atoms with Crippen molar-refractivity contribution in [2.24, 2.45) is 0 Å². The normalized spacial score (nSPS) is 13.0. The highest BCUT2D eigenvalue weighted by molar-refractivity contribution is 7.85. The summed E-state index contributed by atoms with van der Waals surface area (Å²) in [4.78, 5) is 12.0. The maximum Gasteiger partial charge on any atom is 0.407 e. The first-order valence-corrected chi connectivity index (χ1v) is 11.7. The molecule has 4 rings (SSSR count). The number of alkyl carbamates (subject to hydrolysis) is 1. The van der Waals surface area contributed by atoms with Gasteiger partial charge in [0.1, 0.15) is 11.5 Å². The van der Waals surface area contributed by atoms with E-state index in [1.807, 2.05) is 24.3 Å². The van der Waals surface area contributed by atoms with Gasteiger partial charge in [0.25, 0.3) is 10.1 Å². The summed E-state index contributed by atoms with van der Waals surface area (Å²) in [6, 6.07) is 22.5. The van der Waals surface area contributed by atoms with Crippen LogP contribution in [-0.4, -0.2) is 32.2 Å². The molecule has 0 fully saturated rings. The number of hydrogen-bond acceptors (Lipinski definition) is 4. The van der Waals surface area contributed by atoms with Gasteiger partial charge in [-0.1, -0.05) is 78.9 Å². The lowest BCUT2D eigenvalue weighted by Gasteiger charge is -2.14. The van der Waals surface area contributed by atoms with E-state index in [2.05, 4.69) is 29.6 Å². The molecule has 0 saturated heterocycles. The SMILES string of the molecule is O=C(NCCC=Cc1ccccc1S(=O)(=O)O)OCC1c2ccccc2-c2ccccc21. The van der Waals surface area contributed by atoms with Crippen molar-refractivity contribution in [2.75, 3.05) is 13.2 Å². The van der Waals surface area contributed by atoms with Crippen LogP contribution in [0.1, 0.15) is 29.0 Å². The first kappa shape index (κ1) is 21.8. The van der Waals surface area contributed by atoms with E-state index in [1.165, 1.54) is 17.2 Å². The van der Waals surface area contributed by atoms with Crippen LogP contribution < -0.4 is 5.32 Å². The minimum Gasteiger partial charge on any atom is -0.449 e. The van der Waals surface area contributed by atoms with E-state index in [0.717, 1.165) is 11.1 Å². The van der Waals surface area contributed by atoms with Gasteiger partial charge in [0, 0.05) is 12.5 Å². The van der Waals surface area contributed by atoms with Gasteiger partial charge in [0.2, 0.25) is 0 Å². The maximum absolute atomic E-state index is 12.2. The van der Waals surface area contributed by atoms with Crippen molar-refractivity contribution in [3.63, 3.8) is 0 Å². The predicted molar refractivity (Wildman–Crippen MR) is 123 cm³/mol. The maximum atomic E-state index is 12.2. The zero-order chi connectivity index (χ0) is 22.6. The van der Waals surface area contributed by atoms with Gasteiger partial charge < -0.3 is 10.1 Å². The number of carbonyl (C=O) groups is 1. The third-order valence-electron chi connectivity index (χ3n) is 5.42. The van der Waals surface area contributed by atoms with Crippen molar-refractivity contribution in [1.82, 2.24) is 5.32 Å². The Bertz CT molecular complexity index is 1220. The van der Waals surface area contributed by atoms with Crippen LogP contribution >= 0.6 is 0 Å². The molecule has 1 amide bonds. The molecule has 164 valence electrons. The Hall–Kier alpha value is -3.42. The van der Waals surface area contributed by atoms with E-state index >= 15 is 0 Å². The van der Waals surface area contributed by atoms with E-state index in [4.69, 9.17) is 4.74 Å². The zero-order valence-corrected chi connectivity index (χ0v) is 18.1. The smallest absolute Gasteiger partial charge is 0.407 e. The lowest BCUT2D eigenvalue weighted by atomic mass is 9.98. The van der Waals surface area contributed by atoms with Crippen LogP contribution in [0.25, 0.3) is 17.2 Å². The molecule has 1 aliphatic rings. The van der Waals surface area contributed by atoms with Crippen LogP contribution in [0.3, 0.4) is 0 Å². The van der Waals surface area contributed by atoms with Crippen molar-refractivity contribution in [3.8, 4) is 11.1 Å². The number of ether oxygens (including phenoxy) is 1. The molecule has 6 nitrogen and oxygen atoms in total. The van der Waals surface area contributed by atoms with E-state index in [-0.39, 0.29) is 17.4 Å². The van der Waals surface area contributed by atoms with Crippen molar-refractivity contribution in [3.05, 3.63) is 95.6 Å². The number of nitrogens with one attached hydrogen (secondary N) is 1. The largest absolute Gasteiger partial charge is 0.449 e. The third kappa shape index (κ3) is 4.74. The molecule has 0 spiro atoms. The average Bonchev–Trinajstić information content (AvgIpc) is 3.11. The molecule has 0 atom stereocenters. The monoisotopic (exact) mass is 449 g/mol. The number of hydrogen-bond donors (Lipinski definition) is 2. The molecule has 0 aliphatic heterocycles. The summed E-state index contributed by atoms with van der Waals surface area (Å²) >= 11 is 0. The van der Waals surface area contributed by atoms with E-state index in [0.29, 0.717) is 18.5 Å². The Labute approximate surface area is 187 Å². The van der Waals surface area contributed by atoms with E-state index in [1.54, 1.807) is 30.4 Å². The summed E-state index contributed by atoms with van der Waals surface area (Å²) in [5, 5.41) is 2.71. The Morgan fingerprint density at radius 2 is 1.53 bits per heavy atom. The Morgan fingerprint density at radius 3 is 2.19 bits per heavy atom. The minimum absolute atomic E-state index is 0.00461. The topological polar surface area (TPSA) is 92.7 Å². The molecule has 3 aromatic carbocycles. The Kier molecular flexibility index (Phi) is 6.39. The van der Waals surface area contributed by atoms with Gasteiger partial charge in [-0.2, -0.15) is 8.42 Å².